The summed E-state index contributed by atoms with van der Waals surface area (Å²) in [5.41, 5.74) is 8.71. The number of nitrogens with one attached hydrogen (secondary N) is 5. The van der Waals surface area contributed by atoms with Crippen molar-refractivity contribution in [1.82, 2.24) is 40.8 Å². The smallest absolute Gasteiger partial charge is 0.576 e. The first-order valence-corrected chi connectivity index (χ1v) is 53.3. The minimum Gasteiger partial charge on any atom is -0.576 e. The van der Waals surface area contributed by atoms with Gasteiger partial charge >= 0.3 is 31.0 Å². The number of carbonyl (C=O) groups excluding carboxylic acids is 3. The summed E-state index contributed by atoms with van der Waals surface area (Å²) < 4.78 is 82.5. The van der Waals surface area contributed by atoms with Crippen LogP contribution in [-0.4, -0.2) is 244 Å². The van der Waals surface area contributed by atoms with Crippen molar-refractivity contribution in [3.63, 3.8) is 0 Å². The predicted octanol–water partition coefficient (Wildman–Crippen LogP) is 18.0. The van der Waals surface area contributed by atoms with E-state index in [0.717, 1.165) is 135 Å². The summed E-state index contributed by atoms with van der Waals surface area (Å²) in [5, 5.41) is 45.8. The molecule has 8 N–H and O–H groups in total. The SMILES string of the molecule is C1CCOC1.CC(C)(C)OC(=O)N1CCC(=O)CC1.CC(C)(C)OC(=O)N1CCC(O)(c2ccoc2)CC1.CC(C)(C)OC1CNCCC1c1ccoc1.CC(C)(C)OCC1CNCCC1c1ccoc1.ClCCl.OC1(O)CCN(Cl)CC1.[Li+].[c-]1ccoc1.c1ccc(COC2CNCCC2c2ccoc2)cc1.c1ccc(COCC2CNCCC2c2ccoc2)cc1.c1ccc(COCC2CNCCN2c2ccoc2)cc1. The summed E-state index contributed by atoms with van der Waals surface area (Å²) in [4.78, 5) is 39.9. The van der Waals surface area contributed by atoms with Gasteiger partial charge in [0.1, 0.15) is 23.2 Å². The molecular formula is C114H165Cl3LiN9O21. The van der Waals surface area contributed by atoms with Crippen molar-refractivity contribution in [3.05, 3.63) is 272 Å². The van der Waals surface area contributed by atoms with E-state index in [-0.39, 0.29) is 65.6 Å². The van der Waals surface area contributed by atoms with Gasteiger partial charge in [-0.2, -0.15) is 6.07 Å². The van der Waals surface area contributed by atoms with Crippen LogP contribution in [0.1, 0.15) is 228 Å². The molecular weight excluding hydrogens is 1940 g/mol. The minimum absolute atomic E-state index is 0. The molecule has 9 unspecified atom stereocenters. The van der Waals surface area contributed by atoms with Gasteiger partial charge in [0, 0.05) is 153 Å². The van der Waals surface area contributed by atoms with Crippen molar-refractivity contribution < 1.29 is 117 Å². The molecule has 0 bridgehead atoms. The number of ketones is 1. The Morgan fingerprint density at radius 2 is 0.872 bits per heavy atom. The van der Waals surface area contributed by atoms with Crippen LogP contribution in [0.25, 0.3) is 0 Å². The molecule has 9 atom stereocenters. The number of furan rings is 7. The Balaban J connectivity index is 0.000000203. The van der Waals surface area contributed by atoms with E-state index < -0.39 is 22.6 Å². The van der Waals surface area contributed by atoms with Crippen LogP contribution in [-0.2, 0) is 68.1 Å². The van der Waals surface area contributed by atoms with E-state index in [2.05, 4.69) is 156 Å². The van der Waals surface area contributed by atoms with E-state index in [1.54, 1.807) is 82.7 Å². The number of halogens is 3. The fourth-order valence-corrected chi connectivity index (χ4v) is 18.0. The van der Waals surface area contributed by atoms with Crippen LogP contribution in [0, 0.1) is 17.9 Å². The molecule has 30 nitrogen and oxygen atoms in total. The molecule has 9 aliphatic rings. The van der Waals surface area contributed by atoms with Gasteiger partial charge in [0.2, 0.25) is 0 Å². The number of carbonyl (C=O) groups is 3. The first kappa shape index (κ1) is 125. The number of ether oxygens (including phenoxy) is 8. The Hall–Kier alpha value is -8.50. The minimum atomic E-state index is -1.47. The van der Waals surface area contributed by atoms with Gasteiger partial charge in [-0.3, -0.25) is 4.79 Å². The van der Waals surface area contributed by atoms with Gasteiger partial charge in [-0.05, 0) is 266 Å². The third kappa shape index (κ3) is 49.1. The number of alkyl halides is 2. The van der Waals surface area contributed by atoms with E-state index in [1.807, 2.05) is 115 Å². The third-order valence-electron chi connectivity index (χ3n) is 25.5. The number of hydrogen-bond acceptors (Lipinski definition) is 28. The fourth-order valence-electron chi connectivity index (χ4n) is 17.8. The number of hydrogen-bond donors (Lipinski definition) is 8. The zero-order valence-corrected chi connectivity index (χ0v) is 91.7. The number of benzene rings is 3. The number of likely N-dealkylation sites (tertiary alicyclic amines) is 2. The zero-order chi connectivity index (χ0) is 106. The van der Waals surface area contributed by atoms with Crippen LogP contribution < -0.4 is 50.3 Å². The van der Waals surface area contributed by atoms with Crippen molar-refractivity contribution in [3.8, 4) is 0 Å². The maximum absolute atomic E-state index is 11.9. The molecule has 3 aromatic carbocycles. The molecule has 9 aliphatic heterocycles. The van der Waals surface area contributed by atoms with Gasteiger partial charge < -0.3 is 125 Å². The van der Waals surface area contributed by atoms with Gasteiger partial charge in [0.05, 0.1) is 155 Å². The van der Waals surface area contributed by atoms with Crippen LogP contribution in [0.4, 0.5) is 15.3 Å². The monoisotopic (exact) mass is 2110 g/mol. The second kappa shape index (κ2) is 67.1. The molecule has 814 valence electrons. The Morgan fingerprint density at radius 3 is 1.28 bits per heavy atom. The van der Waals surface area contributed by atoms with Gasteiger partial charge in [-0.1, -0.05) is 97.3 Å². The number of piperidine rings is 7. The van der Waals surface area contributed by atoms with Gasteiger partial charge in [-0.15, -0.1) is 23.2 Å². The summed E-state index contributed by atoms with van der Waals surface area (Å²) in [6.07, 6.45) is 33.6. The van der Waals surface area contributed by atoms with Crippen LogP contribution in [0.5, 0.6) is 0 Å². The van der Waals surface area contributed by atoms with Gasteiger partial charge in [0.15, 0.2) is 5.79 Å². The number of piperazine rings is 1. The van der Waals surface area contributed by atoms with Gasteiger partial charge in [0.25, 0.3) is 0 Å². The third-order valence-corrected chi connectivity index (χ3v) is 25.9. The molecule has 10 aromatic rings. The molecule has 0 saturated carbocycles. The number of rotatable bonds is 20. The van der Waals surface area contributed by atoms with Crippen LogP contribution in [0.3, 0.4) is 0 Å². The normalized spacial score (nSPS) is 21.7. The summed E-state index contributed by atoms with van der Waals surface area (Å²) in [6.45, 7) is 44.1. The maximum Gasteiger partial charge on any atom is 1.00 e. The van der Waals surface area contributed by atoms with E-state index in [9.17, 15) is 19.5 Å². The Morgan fingerprint density at radius 1 is 0.446 bits per heavy atom. The standard InChI is InChI=1S/C17H21NO2.C16H20N2O2.C16H19NO2.C14H21NO4.C14H23NO2.C13H21NO2.C10H17NO3.C5H10ClNO2.C4H8O.C4H3O.CH2Cl2.Li/c1-2-4-14(5-3-1)11-20-13-16-10-18-8-6-17(16)15-7-9-19-12-15;1-2-4-14(5-3-1)11-20-13-16-10-17-7-8-18(16)15-6-9-19-12-15;1-2-4-13(5-3-1)11-19-16-10-17-8-6-15(16)14-7-9-18-12-14;1-13(2,3)19-12(16)15-7-5-14(17,6-8-15)11-4-9-18-10-11;1-14(2,3)17-10-12-8-15-6-4-13(12)11-5-7-16-9-11;1-13(2,3)16-12-8-14-6-4-11(12)10-5-7-15-9-10;1-10(2,3)14-9(13)11-6-4-8(12)5-7-11;6-7-3-1-5(8,9)2-4-7;2*1-2-4-5-3-1;2-1-3;/h1-5,7,9,12,16-18H,6,8,10-11,13H2;1-6,9,12,16-17H,7-8,10-11,13H2;1-5,7,9,12,15-17H,6,8,10-11H2;4,9-10,17H,5-8H2,1-3H3;5,7,9,12-13,15H,4,6,8,10H2,1-3H3;5,7,9,11-12,14H,4,6,8H2,1-3H3;4-7H2,1-3H3;8-9H,1-4H2;1-4H2;1,3-4H;1H2;/q;;;;;;;;;-1;;+1. The fraction of sp³-hybridized carbons (Fsp3) is 0.570. The molecule has 0 aliphatic carbocycles. The number of nitrogens with zero attached hydrogens (tertiary/aromatic N) is 4. The largest absolute Gasteiger partial charge is 1.00 e. The Bertz CT molecular complexity index is 4820. The first-order chi connectivity index (χ1) is 70.6. The molecule has 0 radical (unpaired) electrons. The summed E-state index contributed by atoms with van der Waals surface area (Å²) >= 11 is 15.1. The second-order valence-electron chi connectivity index (χ2n) is 41.8. The quantitative estimate of drug-likeness (QED) is 0.0115. The number of aliphatic hydroxyl groups is 3. The maximum atomic E-state index is 11.9. The van der Waals surface area contributed by atoms with Crippen molar-refractivity contribution in [2.24, 2.45) is 11.8 Å². The molecule has 9 fully saturated rings. The summed E-state index contributed by atoms with van der Waals surface area (Å²) in [7, 11) is 0. The van der Waals surface area contributed by atoms with Crippen molar-refractivity contribution in [2.45, 2.75) is 256 Å². The van der Waals surface area contributed by atoms with Crippen molar-refractivity contribution >= 4 is 58.6 Å². The van der Waals surface area contributed by atoms with Crippen molar-refractivity contribution in [1.29, 1.82) is 0 Å². The van der Waals surface area contributed by atoms with E-state index in [4.69, 9.17) is 110 Å². The van der Waals surface area contributed by atoms with E-state index in [1.165, 1.54) is 58.0 Å². The topological polar surface area (TPSA) is 351 Å². The van der Waals surface area contributed by atoms with Crippen LogP contribution >= 0.6 is 35.0 Å². The average Bonchev–Trinajstić information content (AvgIpc) is 1.55. The number of Topliss-reactive ketones (excluding diaryl/α,β-unsaturated/α-hetero) is 1. The predicted molar refractivity (Wildman–Crippen MR) is 573 cm³/mol. The summed E-state index contributed by atoms with van der Waals surface area (Å²) in [6, 6.07) is 47.7. The summed E-state index contributed by atoms with van der Waals surface area (Å²) in [5.74, 6) is 1.83. The molecule has 7 aromatic heterocycles. The molecule has 9 saturated heterocycles. The van der Waals surface area contributed by atoms with Crippen molar-refractivity contribution in [2.75, 3.05) is 155 Å². The molecule has 0 spiro atoms. The number of amides is 2. The van der Waals surface area contributed by atoms with Crippen LogP contribution in [0.15, 0.2) is 252 Å². The molecule has 16 heterocycles. The molecule has 34 heteroatoms. The first-order valence-electron chi connectivity index (χ1n) is 51.9. The van der Waals surface area contributed by atoms with E-state index in [0.29, 0.717) is 146 Å². The zero-order valence-electron chi connectivity index (χ0n) is 89.5. The van der Waals surface area contributed by atoms with Crippen LogP contribution in [0.2, 0.25) is 0 Å². The second-order valence-corrected chi connectivity index (χ2v) is 43.0. The van der Waals surface area contributed by atoms with Gasteiger partial charge in [-0.25, -0.2) is 20.1 Å². The average molecular weight is 2110 g/mol. The molecule has 2 amide bonds. The molecule has 19 rings (SSSR count). The molecule has 148 heavy (non-hydrogen) atoms. The van der Waals surface area contributed by atoms with E-state index >= 15 is 0 Å². The Labute approximate surface area is 904 Å². The number of anilines is 1. The Kier molecular flexibility index (Phi) is 56.6.